The number of aliphatic hydroxyl groups is 1. The number of nitrogens with zero attached hydrogens (tertiary/aromatic N) is 2. The second-order valence-electron chi connectivity index (χ2n) is 5.30. The Morgan fingerprint density at radius 3 is 2.80 bits per heavy atom. The van der Waals surface area contributed by atoms with E-state index in [0.717, 1.165) is 17.8 Å². The van der Waals surface area contributed by atoms with Gasteiger partial charge in [-0.25, -0.2) is 0 Å². The van der Waals surface area contributed by atoms with Gasteiger partial charge in [0.25, 0.3) is 0 Å². The summed E-state index contributed by atoms with van der Waals surface area (Å²) in [5.41, 5.74) is 2.62. The van der Waals surface area contributed by atoms with Crippen LogP contribution in [0.3, 0.4) is 0 Å². The highest BCUT2D eigenvalue weighted by Crippen LogP contribution is 2.27. The van der Waals surface area contributed by atoms with Crippen molar-refractivity contribution >= 4 is 11.4 Å². The summed E-state index contributed by atoms with van der Waals surface area (Å²) in [5, 5.41) is 22.5. The molecular weight excluding hydrogens is 256 g/mol. The van der Waals surface area contributed by atoms with Crippen molar-refractivity contribution in [3.63, 3.8) is 0 Å². The largest absolute Gasteiger partial charge is 0.411 e. The number of ether oxygens (including phenoxy) is 1. The van der Waals surface area contributed by atoms with Gasteiger partial charge in [0.05, 0.1) is 24.5 Å². The first kappa shape index (κ1) is 14.8. The predicted molar refractivity (Wildman–Crippen MR) is 78.7 cm³/mol. The van der Waals surface area contributed by atoms with Crippen molar-refractivity contribution in [2.75, 3.05) is 24.6 Å². The third-order valence-corrected chi connectivity index (χ3v) is 3.35. The number of aliphatic hydroxyl groups excluding tert-OH is 1. The predicted octanol–water partition coefficient (Wildman–Crippen LogP) is 1.86. The fraction of sp³-hybridized carbons (Fsp3) is 0.533. The number of fused-ring (bicyclic) bond motifs is 1. The van der Waals surface area contributed by atoms with E-state index in [-0.39, 0.29) is 6.10 Å². The minimum absolute atomic E-state index is 0.117. The fourth-order valence-corrected chi connectivity index (χ4v) is 2.39. The van der Waals surface area contributed by atoms with Crippen LogP contribution in [-0.4, -0.2) is 47.9 Å². The molecule has 0 saturated heterocycles. The monoisotopic (exact) mass is 278 g/mol. The maximum atomic E-state index is 10.1. The molecule has 0 aromatic heterocycles. The molecule has 0 radical (unpaired) electrons. The van der Waals surface area contributed by atoms with E-state index in [4.69, 9.17) is 9.94 Å². The van der Waals surface area contributed by atoms with Crippen molar-refractivity contribution in [2.45, 2.75) is 32.5 Å². The first-order chi connectivity index (χ1) is 9.61. The van der Waals surface area contributed by atoms with Crippen LogP contribution < -0.4 is 4.90 Å². The molecule has 1 aliphatic heterocycles. The molecule has 0 spiro atoms. The van der Waals surface area contributed by atoms with Crippen molar-refractivity contribution in [2.24, 2.45) is 5.16 Å². The molecule has 1 atom stereocenters. The molecule has 1 aromatic rings. The van der Waals surface area contributed by atoms with Crippen LogP contribution in [0.15, 0.2) is 29.4 Å². The van der Waals surface area contributed by atoms with E-state index >= 15 is 0 Å². The van der Waals surface area contributed by atoms with E-state index in [2.05, 4.69) is 10.1 Å². The van der Waals surface area contributed by atoms with Crippen molar-refractivity contribution < 1.29 is 15.1 Å². The quantitative estimate of drug-likeness (QED) is 0.637. The Hall–Kier alpha value is -1.59. The lowest BCUT2D eigenvalue weighted by Crippen LogP contribution is -2.40. The highest BCUT2D eigenvalue weighted by molar-refractivity contribution is 6.06. The SMILES string of the molecule is CC(C)OCC(O)CN1CCC(=NO)c2ccccc21. The molecule has 0 amide bonds. The van der Waals surface area contributed by atoms with Crippen LogP contribution in [0.25, 0.3) is 0 Å². The molecule has 5 nitrogen and oxygen atoms in total. The van der Waals surface area contributed by atoms with Gasteiger partial charge in [0.15, 0.2) is 0 Å². The van der Waals surface area contributed by atoms with E-state index in [1.165, 1.54) is 0 Å². The van der Waals surface area contributed by atoms with Gasteiger partial charge in [-0.15, -0.1) is 0 Å². The fourth-order valence-electron chi connectivity index (χ4n) is 2.39. The van der Waals surface area contributed by atoms with E-state index in [9.17, 15) is 5.11 Å². The first-order valence-electron chi connectivity index (χ1n) is 6.96. The van der Waals surface area contributed by atoms with Gasteiger partial charge in [0, 0.05) is 30.8 Å². The molecule has 0 saturated carbocycles. The van der Waals surface area contributed by atoms with Crippen LogP contribution in [0.5, 0.6) is 0 Å². The van der Waals surface area contributed by atoms with Gasteiger partial charge in [-0.05, 0) is 19.9 Å². The molecular formula is C15H22N2O3. The Morgan fingerprint density at radius 1 is 1.35 bits per heavy atom. The summed E-state index contributed by atoms with van der Waals surface area (Å²) in [5.74, 6) is 0. The molecule has 2 N–H and O–H groups in total. The number of benzene rings is 1. The van der Waals surface area contributed by atoms with Crippen molar-refractivity contribution in [3.05, 3.63) is 29.8 Å². The second-order valence-corrected chi connectivity index (χ2v) is 5.30. The van der Waals surface area contributed by atoms with Gasteiger partial charge in [-0.2, -0.15) is 0 Å². The van der Waals surface area contributed by atoms with Crippen molar-refractivity contribution in [1.82, 2.24) is 0 Å². The number of hydrogen-bond acceptors (Lipinski definition) is 5. The minimum atomic E-state index is -0.530. The summed E-state index contributed by atoms with van der Waals surface area (Å²) < 4.78 is 5.44. The molecule has 1 heterocycles. The van der Waals surface area contributed by atoms with Crippen LogP contribution in [0.1, 0.15) is 25.8 Å². The highest BCUT2D eigenvalue weighted by atomic mass is 16.5. The van der Waals surface area contributed by atoms with Crippen LogP contribution in [0.4, 0.5) is 5.69 Å². The first-order valence-corrected chi connectivity index (χ1v) is 6.96. The maximum Gasteiger partial charge on any atom is 0.0948 e. The molecule has 0 aliphatic carbocycles. The third-order valence-electron chi connectivity index (χ3n) is 3.35. The van der Waals surface area contributed by atoms with Gasteiger partial charge in [0.2, 0.25) is 0 Å². The molecule has 0 fully saturated rings. The lowest BCUT2D eigenvalue weighted by atomic mass is 9.99. The topological polar surface area (TPSA) is 65.3 Å². The molecule has 110 valence electrons. The molecule has 2 rings (SSSR count). The Labute approximate surface area is 119 Å². The van der Waals surface area contributed by atoms with Crippen molar-refractivity contribution in [3.8, 4) is 0 Å². The summed E-state index contributed by atoms with van der Waals surface area (Å²) in [6.07, 6.45) is 0.259. The number of hydrogen-bond donors (Lipinski definition) is 2. The molecule has 20 heavy (non-hydrogen) atoms. The van der Waals surface area contributed by atoms with Gasteiger partial charge < -0.3 is 20.0 Å². The Bertz CT molecular complexity index is 474. The Kier molecular flexibility index (Phi) is 4.98. The summed E-state index contributed by atoms with van der Waals surface area (Å²) >= 11 is 0. The average Bonchev–Trinajstić information content (AvgIpc) is 2.45. The molecule has 1 unspecified atom stereocenters. The number of para-hydroxylation sites is 1. The van der Waals surface area contributed by atoms with Crippen LogP contribution in [0, 0.1) is 0 Å². The maximum absolute atomic E-state index is 10.1. The van der Waals surface area contributed by atoms with Gasteiger partial charge in [0.1, 0.15) is 0 Å². The molecule has 0 bridgehead atoms. The summed E-state index contributed by atoms with van der Waals surface area (Å²) in [4.78, 5) is 2.11. The normalized spacial score (nSPS) is 18.4. The summed E-state index contributed by atoms with van der Waals surface area (Å²) in [7, 11) is 0. The van der Waals surface area contributed by atoms with E-state index in [1.54, 1.807) is 0 Å². The number of oxime groups is 1. The van der Waals surface area contributed by atoms with Crippen molar-refractivity contribution in [1.29, 1.82) is 0 Å². The minimum Gasteiger partial charge on any atom is -0.411 e. The molecule has 5 heteroatoms. The number of anilines is 1. The summed E-state index contributed by atoms with van der Waals surface area (Å²) in [6.45, 7) is 5.48. The standard InChI is InChI=1S/C15H22N2O3/c1-11(2)20-10-12(18)9-17-8-7-14(16-19)13-5-3-4-6-15(13)17/h3-6,11-12,18-19H,7-10H2,1-2H3. The zero-order valence-electron chi connectivity index (χ0n) is 12.0. The Morgan fingerprint density at radius 2 is 2.10 bits per heavy atom. The van der Waals surface area contributed by atoms with Crippen LogP contribution >= 0.6 is 0 Å². The van der Waals surface area contributed by atoms with Crippen LogP contribution in [0.2, 0.25) is 0 Å². The number of rotatable bonds is 5. The lowest BCUT2D eigenvalue weighted by molar-refractivity contribution is 0.00890. The van der Waals surface area contributed by atoms with Gasteiger partial charge in [-0.1, -0.05) is 23.4 Å². The van der Waals surface area contributed by atoms with Crippen LogP contribution in [-0.2, 0) is 4.74 Å². The smallest absolute Gasteiger partial charge is 0.0948 e. The zero-order valence-corrected chi connectivity index (χ0v) is 12.0. The third kappa shape index (κ3) is 3.49. The highest BCUT2D eigenvalue weighted by Gasteiger charge is 2.23. The van der Waals surface area contributed by atoms with E-state index in [1.807, 2.05) is 38.1 Å². The second kappa shape index (κ2) is 6.72. The average molecular weight is 278 g/mol. The molecule has 1 aromatic carbocycles. The van der Waals surface area contributed by atoms with Gasteiger partial charge >= 0.3 is 0 Å². The van der Waals surface area contributed by atoms with Gasteiger partial charge in [-0.3, -0.25) is 0 Å². The Balaban J connectivity index is 2.07. The van der Waals surface area contributed by atoms with E-state index < -0.39 is 6.10 Å². The number of β-amino-alcohol motifs (C(OH)–C–C–N with tert-alkyl or cyclic N) is 1. The lowest BCUT2D eigenvalue weighted by Gasteiger charge is -2.33. The zero-order chi connectivity index (χ0) is 14.5. The van der Waals surface area contributed by atoms with E-state index in [0.29, 0.717) is 25.3 Å². The molecule has 1 aliphatic rings. The summed E-state index contributed by atoms with van der Waals surface area (Å²) in [6, 6.07) is 7.79.